The molecule has 2 aromatic rings. The van der Waals surface area contributed by atoms with Crippen LogP contribution in [-0.4, -0.2) is 18.7 Å². The minimum atomic E-state index is -4.37. The molecule has 0 bridgehead atoms. The van der Waals surface area contributed by atoms with Gasteiger partial charge in [0.05, 0.1) is 18.3 Å². The van der Waals surface area contributed by atoms with Gasteiger partial charge in [0.2, 0.25) is 0 Å². The Bertz CT molecular complexity index is 799. The highest BCUT2D eigenvalue weighted by atomic mass is 19.4. The molecule has 7 heteroatoms. The number of ether oxygens (including phenoxy) is 3. The van der Waals surface area contributed by atoms with Gasteiger partial charge < -0.3 is 14.2 Å². The fraction of sp³-hybridized carbons (Fsp3) is 0.409. The molecule has 0 amide bonds. The Kier molecular flexibility index (Phi) is 7.93. The molecule has 0 aromatic heterocycles. The Morgan fingerprint density at radius 1 is 1.07 bits per heavy atom. The summed E-state index contributed by atoms with van der Waals surface area (Å²) in [6, 6.07) is 10.2. The summed E-state index contributed by atoms with van der Waals surface area (Å²) in [6.07, 6.45) is -3.77. The van der Waals surface area contributed by atoms with Crippen LogP contribution in [0.1, 0.15) is 43.9 Å². The van der Waals surface area contributed by atoms with Crippen LogP contribution in [0.3, 0.4) is 0 Å². The molecule has 0 N–H and O–H groups in total. The zero-order chi connectivity index (χ0) is 21.4. The first-order valence-electron chi connectivity index (χ1n) is 9.43. The molecule has 0 atom stereocenters. The molecule has 0 unspecified atom stereocenters. The maximum Gasteiger partial charge on any atom is 0.416 e. The van der Waals surface area contributed by atoms with Crippen molar-refractivity contribution in [2.75, 3.05) is 6.61 Å². The van der Waals surface area contributed by atoms with Crippen molar-refractivity contribution in [3.05, 3.63) is 59.2 Å². The zero-order valence-electron chi connectivity index (χ0n) is 16.7. The van der Waals surface area contributed by atoms with Gasteiger partial charge in [-0.25, -0.2) is 0 Å². The first-order valence-corrected chi connectivity index (χ1v) is 9.43. The second kappa shape index (κ2) is 10.2. The molecular weight excluding hydrogens is 385 g/mol. The highest BCUT2D eigenvalue weighted by molar-refractivity contribution is 5.69. The maximum atomic E-state index is 12.7. The number of alkyl halides is 3. The second-order valence-corrected chi connectivity index (χ2v) is 6.72. The standard InChI is InChI=1S/C22H25F3O4/c1-4-27-21(26)12-8-17-7-11-19(29-15(2)3)13-20(17)28-14-16-5-9-18(10-6-16)22(23,24)25/h5-7,9-11,13,15H,4,8,12,14H2,1-3H3. The van der Waals surface area contributed by atoms with E-state index in [9.17, 15) is 18.0 Å². The molecular formula is C22H25F3O4. The first kappa shape index (κ1) is 22.6. The van der Waals surface area contributed by atoms with Crippen molar-refractivity contribution in [2.45, 2.75) is 52.5 Å². The number of carbonyl (C=O) groups is 1. The number of carbonyl (C=O) groups excluding carboxylic acids is 1. The fourth-order valence-corrected chi connectivity index (χ4v) is 2.64. The third kappa shape index (κ3) is 7.33. The minimum Gasteiger partial charge on any atom is -0.491 e. The molecule has 0 aliphatic carbocycles. The summed E-state index contributed by atoms with van der Waals surface area (Å²) in [6.45, 7) is 5.95. The van der Waals surface area contributed by atoms with Gasteiger partial charge in [0.25, 0.3) is 0 Å². The lowest BCUT2D eigenvalue weighted by Gasteiger charge is -2.16. The van der Waals surface area contributed by atoms with Gasteiger partial charge in [-0.15, -0.1) is 0 Å². The van der Waals surface area contributed by atoms with Crippen LogP contribution in [0.5, 0.6) is 11.5 Å². The summed E-state index contributed by atoms with van der Waals surface area (Å²) in [5, 5.41) is 0. The molecule has 0 aliphatic heterocycles. The number of esters is 1. The molecule has 0 heterocycles. The first-order chi connectivity index (χ1) is 13.7. The predicted molar refractivity (Wildman–Crippen MR) is 103 cm³/mol. The number of benzene rings is 2. The van der Waals surface area contributed by atoms with Crippen LogP contribution in [0.4, 0.5) is 13.2 Å². The van der Waals surface area contributed by atoms with E-state index in [0.717, 1.165) is 17.7 Å². The molecule has 0 saturated heterocycles. The monoisotopic (exact) mass is 410 g/mol. The van der Waals surface area contributed by atoms with E-state index >= 15 is 0 Å². The van der Waals surface area contributed by atoms with Crippen LogP contribution in [-0.2, 0) is 28.7 Å². The van der Waals surface area contributed by atoms with E-state index in [1.165, 1.54) is 12.1 Å². The van der Waals surface area contributed by atoms with Crippen LogP contribution < -0.4 is 9.47 Å². The van der Waals surface area contributed by atoms with Crippen molar-refractivity contribution >= 4 is 5.97 Å². The van der Waals surface area contributed by atoms with Gasteiger partial charge >= 0.3 is 12.1 Å². The molecule has 2 aromatic carbocycles. The highest BCUT2D eigenvalue weighted by Gasteiger charge is 2.29. The van der Waals surface area contributed by atoms with Gasteiger partial charge in [0, 0.05) is 12.5 Å². The number of rotatable bonds is 9. The average molecular weight is 410 g/mol. The predicted octanol–water partition coefficient (Wildman–Crippen LogP) is 5.57. The highest BCUT2D eigenvalue weighted by Crippen LogP contribution is 2.30. The Morgan fingerprint density at radius 2 is 1.76 bits per heavy atom. The zero-order valence-corrected chi connectivity index (χ0v) is 16.7. The van der Waals surface area contributed by atoms with Gasteiger partial charge in [0.1, 0.15) is 18.1 Å². The second-order valence-electron chi connectivity index (χ2n) is 6.72. The molecule has 2 rings (SSSR count). The molecule has 4 nitrogen and oxygen atoms in total. The van der Waals surface area contributed by atoms with E-state index in [4.69, 9.17) is 14.2 Å². The van der Waals surface area contributed by atoms with Crippen LogP contribution in [0, 0.1) is 0 Å². The summed E-state index contributed by atoms with van der Waals surface area (Å²) in [5.41, 5.74) is 0.689. The maximum absolute atomic E-state index is 12.7. The van der Waals surface area contributed by atoms with Crippen molar-refractivity contribution < 1.29 is 32.2 Å². The van der Waals surface area contributed by atoms with Gasteiger partial charge in [-0.2, -0.15) is 13.2 Å². The van der Waals surface area contributed by atoms with E-state index in [1.54, 1.807) is 19.1 Å². The summed E-state index contributed by atoms with van der Waals surface area (Å²) >= 11 is 0. The number of hydrogen-bond acceptors (Lipinski definition) is 4. The van der Waals surface area contributed by atoms with Crippen molar-refractivity contribution in [2.24, 2.45) is 0 Å². The Labute approximate surface area is 168 Å². The van der Waals surface area contributed by atoms with Crippen molar-refractivity contribution in [1.82, 2.24) is 0 Å². The molecule has 0 saturated carbocycles. The van der Waals surface area contributed by atoms with Crippen molar-refractivity contribution in [3.63, 3.8) is 0 Å². The fourth-order valence-electron chi connectivity index (χ4n) is 2.64. The Balaban J connectivity index is 2.13. The number of halogens is 3. The van der Waals surface area contributed by atoms with Crippen LogP contribution in [0.15, 0.2) is 42.5 Å². The summed E-state index contributed by atoms with van der Waals surface area (Å²) < 4.78 is 54.6. The molecule has 158 valence electrons. The molecule has 0 spiro atoms. The third-order valence-electron chi connectivity index (χ3n) is 3.99. The van der Waals surface area contributed by atoms with Crippen LogP contribution >= 0.6 is 0 Å². The normalized spacial score (nSPS) is 11.4. The lowest BCUT2D eigenvalue weighted by Crippen LogP contribution is -2.08. The minimum absolute atomic E-state index is 0.0249. The largest absolute Gasteiger partial charge is 0.491 e. The van der Waals surface area contributed by atoms with E-state index in [-0.39, 0.29) is 25.1 Å². The van der Waals surface area contributed by atoms with Gasteiger partial charge in [-0.05, 0) is 56.5 Å². The SMILES string of the molecule is CCOC(=O)CCc1ccc(OC(C)C)cc1OCc1ccc(C(F)(F)F)cc1. The molecule has 0 radical (unpaired) electrons. The van der Waals surface area contributed by atoms with Gasteiger partial charge in [-0.1, -0.05) is 18.2 Å². The van der Waals surface area contributed by atoms with E-state index in [2.05, 4.69) is 0 Å². The van der Waals surface area contributed by atoms with Crippen molar-refractivity contribution in [3.8, 4) is 11.5 Å². The summed E-state index contributed by atoms with van der Waals surface area (Å²) in [5.74, 6) is 0.832. The van der Waals surface area contributed by atoms with Crippen LogP contribution in [0.25, 0.3) is 0 Å². The van der Waals surface area contributed by atoms with Crippen LogP contribution in [0.2, 0.25) is 0 Å². The van der Waals surface area contributed by atoms with E-state index in [1.807, 2.05) is 19.9 Å². The molecule has 29 heavy (non-hydrogen) atoms. The molecule has 0 aliphatic rings. The quantitative estimate of drug-likeness (QED) is 0.507. The van der Waals surface area contributed by atoms with E-state index < -0.39 is 11.7 Å². The number of aryl methyl sites for hydroxylation is 1. The lowest BCUT2D eigenvalue weighted by molar-refractivity contribution is -0.143. The lowest BCUT2D eigenvalue weighted by atomic mass is 10.1. The average Bonchev–Trinajstić information content (AvgIpc) is 2.65. The van der Waals surface area contributed by atoms with E-state index in [0.29, 0.717) is 30.1 Å². The summed E-state index contributed by atoms with van der Waals surface area (Å²) in [7, 11) is 0. The van der Waals surface area contributed by atoms with Gasteiger partial charge in [-0.3, -0.25) is 4.79 Å². The Hall–Kier alpha value is -2.70. The number of hydrogen-bond donors (Lipinski definition) is 0. The topological polar surface area (TPSA) is 44.8 Å². The third-order valence-corrected chi connectivity index (χ3v) is 3.99. The van der Waals surface area contributed by atoms with Crippen molar-refractivity contribution in [1.29, 1.82) is 0 Å². The van der Waals surface area contributed by atoms with Gasteiger partial charge in [0.15, 0.2) is 0 Å². The smallest absolute Gasteiger partial charge is 0.416 e. The summed E-state index contributed by atoms with van der Waals surface area (Å²) in [4.78, 5) is 11.7. The Morgan fingerprint density at radius 3 is 2.34 bits per heavy atom. The molecule has 0 fully saturated rings.